The molecular weight excluding hydrogens is 296 g/mol. The monoisotopic (exact) mass is 316 g/mol. The molecule has 23 heavy (non-hydrogen) atoms. The summed E-state index contributed by atoms with van der Waals surface area (Å²) in [5.41, 5.74) is 0.0368. The number of hydrogen-bond acceptors (Lipinski definition) is 5. The van der Waals surface area contributed by atoms with Gasteiger partial charge in [-0.3, -0.25) is 0 Å². The Hall–Kier alpha value is -2.52. The summed E-state index contributed by atoms with van der Waals surface area (Å²) < 4.78 is 11.1. The summed E-state index contributed by atoms with van der Waals surface area (Å²) in [4.78, 5) is 12.4. The van der Waals surface area contributed by atoms with Gasteiger partial charge < -0.3 is 24.3 Å². The van der Waals surface area contributed by atoms with Crippen LogP contribution in [0.5, 0.6) is 11.5 Å². The summed E-state index contributed by atoms with van der Waals surface area (Å²) in [6.45, 7) is 3.70. The average Bonchev–Trinajstić information content (AvgIpc) is 3.06. The highest BCUT2D eigenvalue weighted by atomic mass is 16.5. The zero-order valence-corrected chi connectivity index (χ0v) is 13.1. The Morgan fingerprint density at radius 1 is 1.43 bits per heavy atom. The maximum Gasteiger partial charge on any atom is 0.168 e. The van der Waals surface area contributed by atoms with E-state index < -0.39 is 11.5 Å². The number of nitriles is 1. The summed E-state index contributed by atoms with van der Waals surface area (Å²) in [5.74, 6) is -0.559. The minimum atomic E-state index is -1.51. The fourth-order valence-corrected chi connectivity index (χ4v) is 2.68. The molecular formula is C17H20N2O4. The van der Waals surface area contributed by atoms with Crippen molar-refractivity contribution in [2.24, 2.45) is 0 Å². The number of benzene rings is 1. The Morgan fingerprint density at radius 2 is 2.17 bits per heavy atom. The number of para-hydroxylation sites is 1. The zero-order valence-electron chi connectivity index (χ0n) is 13.1. The summed E-state index contributed by atoms with van der Waals surface area (Å²) in [5, 5.41) is 19.8. The molecule has 2 rings (SSSR count). The number of quaternary nitrogens is 1. The SMILES string of the molecule is COc1cccc(/C=C(\C#N)C(=O)[O-])c1OCC[NH+]1CCCC1. The van der Waals surface area contributed by atoms with Crippen LogP contribution in [0.2, 0.25) is 0 Å². The Bertz CT molecular complexity index is 628. The lowest BCUT2D eigenvalue weighted by molar-refractivity contribution is -0.887. The first-order chi connectivity index (χ1) is 11.2. The highest BCUT2D eigenvalue weighted by Crippen LogP contribution is 2.32. The molecule has 0 atom stereocenters. The number of nitrogens with zero attached hydrogens (tertiary/aromatic N) is 1. The number of carbonyl (C=O) groups is 1. The molecule has 0 amide bonds. The van der Waals surface area contributed by atoms with E-state index >= 15 is 0 Å². The summed E-state index contributed by atoms with van der Waals surface area (Å²) in [6, 6.07) is 6.75. The lowest BCUT2D eigenvalue weighted by Gasteiger charge is -2.16. The molecule has 1 aliphatic heterocycles. The first-order valence-corrected chi connectivity index (χ1v) is 7.62. The van der Waals surface area contributed by atoms with E-state index in [9.17, 15) is 9.90 Å². The normalized spacial score (nSPS) is 15.2. The maximum absolute atomic E-state index is 10.9. The van der Waals surface area contributed by atoms with Gasteiger partial charge in [-0.15, -0.1) is 0 Å². The van der Waals surface area contributed by atoms with Crippen LogP contribution in [0.4, 0.5) is 0 Å². The number of carboxylic acids is 1. The van der Waals surface area contributed by atoms with Crippen molar-refractivity contribution in [2.75, 3.05) is 33.4 Å². The van der Waals surface area contributed by atoms with E-state index in [-0.39, 0.29) is 0 Å². The third-order valence-corrected chi connectivity index (χ3v) is 3.88. The molecule has 0 bridgehead atoms. The van der Waals surface area contributed by atoms with Crippen molar-refractivity contribution in [3.05, 3.63) is 29.3 Å². The van der Waals surface area contributed by atoms with Gasteiger partial charge in [0.15, 0.2) is 11.5 Å². The molecule has 0 saturated carbocycles. The second-order valence-corrected chi connectivity index (χ2v) is 5.39. The minimum absolute atomic E-state index is 0.447. The highest BCUT2D eigenvalue weighted by Gasteiger charge is 2.16. The summed E-state index contributed by atoms with van der Waals surface area (Å²) >= 11 is 0. The molecule has 1 aliphatic rings. The molecule has 122 valence electrons. The predicted molar refractivity (Wildman–Crippen MR) is 81.9 cm³/mol. The average molecular weight is 316 g/mol. The molecule has 1 fully saturated rings. The quantitative estimate of drug-likeness (QED) is 0.537. The van der Waals surface area contributed by atoms with Crippen molar-refractivity contribution in [3.63, 3.8) is 0 Å². The van der Waals surface area contributed by atoms with E-state index in [0.29, 0.717) is 23.7 Å². The number of carboxylic acid groups (broad SMARTS) is 1. The van der Waals surface area contributed by atoms with E-state index in [4.69, 9.17) is 14.7 Å². The van der Waals surface area contributed by atoms with E-state index in [1.165, 1.54) is 30.9 Å². The lowest BCUT2D eigenvalue weighted by Crippen LogP contribution is -3.10. The second kappa shape index (κ2) is 8.20. The largest absolute Gasteiger partial charge is 0.544 e. The molecule has 0 aliphatic carbocycles. The molecule has 1 aromatic carbocycles. The number of rotatable bonds is 7. The van der Waals surface area contributed by atoms with Gasteiger partial charge in [0, 0.05) is 18.4 Å². The van der Waals surface area contributed by atoms with Crippen LogP contribution in [0.15, 0.2) is 23.8 Å². The topological polar surface area (TPSA) is 86.8 Å². The number of nitrogens with one attached hydrogen (secondary N) is 1. The van der Waals surface area contributed by atoms with Crippen LogP contribution in [0.1, 0.15) is 18.4 Å². The van der Waals surface area contributed by atoms with Crippen molar-refractivity contribution in [1.82, 2.24) is 0 Å². The number of ether oxygens (including phenoxy) is 2. The van der Waals surface area contributed by atoms with Crippen molar-refractivity contribution in [3.8, 4) is 17.6 Å². The second-order valence-electron chi connectivity index (χ2n) is 5.39. The molecule has 0 aromatic heterocycles. The highest BCUT2D eigenvalue weighted by molar-refractivity contribution is 5.95. The molecule has 6 heteroatoms. The Labute approximate surface area is 135 Å². The molecule has 6 nitrogen and oxygen atoms in total. The Morgan fingerprint density at radius 3 is 2.78 bits per heavy atom. The third kappa shape index (κ3) is 4.47. The van der Waals surface area contributed by atoms with Gasteiger partial charge in [0.05, 0.1) is 31.7 Å². The molecule has 1 heterocycles. The minimum Gasteiger partial charge on any atom is -0.544 e. The van der Waals surface area contributed by atoms with Gasteiger partial charge in [-0.2, -0.15) is 5.26 Å². The first kappa shape index (κ1) is 16.8. The summed E-state index contributed by atoms with van der Waals surface area (Å²) in [6.07, 6.45) is 3.74. The van der Waals surface area contributed by atoms with E-state index in [0.717, 1.165) is 19.6 Å². The molecule has 1 aromatic rings. The van der Waals surface area contributed by atoms with E-state index in [2.05, 4.69) is 0 Å². The van der Waals surface area contributed by atoms with Crippen LogP contribution in [-0.2, 0) is 4.79 Å². The standard InChI is InChI=1S/C17H20N2O4/c1-22-15-6-4-5-13(11-14(12-18)17(20)21)16(15)23-10-9-19-7-2-3-8-19/h4-6,11H,2-3,7-10H2,1H3,(H,20,21)/b14-11+. The van der Waals surface area contributed by atoms with Gasteiger partial charge >= 0.3 is 0 Å². The summed E-state index contributed by atoms with van der Waals surface area (Å²) in [7, 11) is 1.52. The number of aliphatic carboxylic acids is 1. The van der Waals surface area contributed by atoms with Gasteiger partial charge in [0.25, 0.3) is 0 Å². The van der Waals surface area contributed by atoms with Crippen molar-refractivity contribution < 1.29 is 24.3 Å². The van der Waals surface area contributed by atoms with Gasteiger partial charge in [-0.05, 0) is 12.1 Å². The lowest BCUT2D eigenvalue weighted by atomic mass is 10.1. The number of methoxy groups -OCH3 is 1. The first-order valence-electron chi connectivity index (χ1n) is 7.62. The zero-order chi connectivity index (χ0) is 16.7. The molecule has 0 radical (unpaired) electrons. The van der Waals surface area contributed by atoms with Gasteiger partial charge in [-0.25, -0.2) is 0 Å². The fourth-order valence-electron chi connectivity index (χ4n) is 2.68. The molecule has 0 unspecified atom stereocenters. The van der Waals surface area contributed by atoms with E-state index in [1.54, 1.807) is 24.3 Å². The Kier molecular flexibility index (Phi) is 6.01. The van der Waals surface area contributed by atoms with Crippen LogP contribution in [0.25, 0.3) is 6.08 Å². The van der Waals surface area contributed by atoms with Gasteiger partial charge in [0.2, 0.25) is 0 Å². The van der Waals surface area contributed by atoms with Crippen molar-refractivity contribution in [2.45, 2.75) is 12.8 Å². The van der Waals surface area contributed by atoms with Gasteiger partial charge in [-0.1, -0.05) is 12.1 Å². The molecule has 1 N–H and O–H groups in total. The number of hydrogen-bond donors (Lipinski definition) is 1. The molecule has 0 spiro atoms. The predicted octanol–water partition coefficient (Wildman–Crippen LogP) is -0.590. The van der Waals surface area contributed by atoms with Crippen LogP contribution in [0.3, 0.4) is 0 Å². The van der Waals surface area contributed by atoms with Crippen LogP contribution < -0.4 is 19.5 Å². The molecule has 1 saturated heterocycles. The number of likely N-dealkylation sites (tertiary alicyclic amines) is 1. The Balaban J connectivity index is 2.18. The van der Waals surface area contributed by atoms with E-state index in [1.807, 2.05) is 0 Å². The van der Waals surface area contributed by atoms with Crippen molar-refractivity contribution >= 4 is 12.0 Å². The van der Waals surface area contributed by atoms with Crippen LogP contribution in [-0.4, -0.2) is 39.3 Å². The third-order valence-electron chi connectivity index (χ3n) is 3.88. The van der Waals surface area contributed by atoms with Gasteiger partial charge in [0.1, 0.15) is 19.2 Å². The smallest absolute Gasteiger partial charge is 0.168 e. The van der Waals surface area contributed by atoms with Crippen LogP contribution >= 0.6 is 0 Å². The number of carbonyl (C=O) groups excluding carboxylic acids is 1. The van der Waals surface area contributed by atoms with Crippen molar-refractivity contribution in [1.29, 1.82) is 5.26 Å². The van der Waals surface area contributed by atoms with Crippen LogP contribution in [0, 0.1) is 11.3 Å². The fraction of sp³-hybridized carbons (Fsp3) is 0.412. The maximum atomic E-state index is 10.9.